The maximum Gasteiger partial charge on any atom is 0.288 e. The van der Waals surface area contributed by atoms with Gasteiger partial charge in [0.05, 0.1) is 17.1 Å². The molecule has 0 aliphatic rings. The minimum atomic E-state index is -0.840. The van der Waals surface area contributed by atoms with E-state index in [0.29, 0.717) is 12.0 Å². The second-order valence-electron chi connectivity index (χ2n) is 4.75. The highest BCUT2D eigenvalue weighted by Gasteiger charge is 2.21. The third kappa shape index (κ3) is 3.78. The van der Waals surface area contributed by atoms with E-state index >= 15 is 0 Å². The highest BCUT2D eigenvalue weighted by molar-refractivity contribution is 6.32. The Kier molecular flexibility index (Phi) is 4.90. The van der Waals surface area contributed by atoms with Gasteiger partial charge in [0.25, 0.3) is 5.69 Å². The van der Waals surface area contributed by atoms with Crippen LogP contribution in [0.5, 0.6) is 0 Å². The molecular weight excluding hydrogens is 292 g/mol. The van der Waals surface area contributed by atoms with Crippen LogP contribution in [0.1, 0.15) is 17.2 Å². The number of hydrogen-bond donors (Lipinski definition) is 2. The van der Waals surface area contributed by atoms with Gasteiger partial charge in [0, 0.05) is 12.5 Å². The number of hydrogen-bond acceptors (Lipinski definition) is 4. The molecule has 0 fully saturated rings. The van der Waals surface area contributed by atoms with Gasteiger partial charge in [-0.25, -0.2) is 0 Å². The van der Waals surface area contributed by atoms with E-state index < -0.39 is 17.1 Å². The molecule has 5 nitrogen and oxygen atoms in total. The van der Waals surface area contributed by atoms with E-state index in [0.717, 1.165) is 5.56 Å². The molecule has 0 aliphatic heterocycles. The van der Waals surface area contributed by atoms with Gasteiger partial charge in [-0.2, -0.15) is 0 Å². The lowest BCUT2D eigenvalue weighted by Gasteiger charge is -2.19. The summed E-state index contributed by atoms with van der Waals surface area (Å²) in [6, 6.07) is 13.0. The molecule has 0 radical (unpaired) electrons. The Morgan fingerprint density at radius 1 is 1.24 bits per heavy atom. The SMILES string of the molecule is N[C@H](c1ccc(Cl)c([N+](=O)[O-])c1)[C@@H](O)Cc1ccccc1. The van der Waals surface area contributed by atoms with Crippen molar-refractivity contribution in [2.24, 2.45) is 5.73 Å². The molecule has 2 rings (SSSR count). The zero-order chi connectivity index (χ0) is 15.4. The van der Waals surface area contributed by atoms with Gasteiger partial charge in [-0.15, -0.1) is 0 Å². The van der Waals surface area contributed by atoms with E-state index in [2.05, 4.69) is 0 Å². The molecule has 0 spiro atoms. The van der Waals surface area contributed by atoms with E-state index in [1.807, 2.05) is 30.3 Å². The third-order valence-electron chi connectivity index (χ3n) is 3.25. The maximum atomic E-state index is 10.9. The largest absolute Gasteiger partial charge is 0.391 e. The maximum absolute atomic E-state index is 10.9. The van der Waals surface area contributed by atoms with E-state index in [-0.39, 0.29) is 10.7 Å². The zero-order valence-electron chi connectivity index (χ0n) is 11.1. The van der Waals surface area contributed by atoms with Crippen molar-refractivity contribution in [2.75, 3.05) is 0 Å². The molecule has 0 amide bonds. The van der Waals surface area contributed by atoms with Crippen LogP contribution < -0.4 is 5.73 Å². The lowest BCUT2D eigenvalue weighted by atomic mass is 9.96. The Morgan fingerprint density at radius 2 is 1.90 bits per heavy atom. The summed E-state index contributed by atoms with van der Waals surface area (Å²) >= 11 is 5.76. The van der Waals surface area contributed by atoms with E-state index in [4.69, 9.17) is 17.3 Å². The lowest BCUT2D eigenvalue weighted by Crippen LogP contribution is -2.28. The molecule has 6 heteroatoms. The van der Waals surface area contributed by atoms with Crippen LogP contribution >= 0.6 is 11.6 Å². The Hall–Kier alpha value is -1.95. The molecule has 0 unspecified atom stereocenters. The standard InChI is InChI=1S/C15H15ClN2O3/c16-12-7-6-11(9-13(12)18(20)21)15(17)14(19)8-10-4-2-1-3-5-10/h1-7,9,14-15,19H,8,17H2/t14-,15+/m0/s1. The Morgan fingerprint density at radius 3 is 2.52 bits per heavy atom. The molecule has 0 aliphatic carbocycles. The summed E-state index contributed by atoms with van der Waals surface area (Å²) in [7, 11) is 0. The highest BCUT2D eigenvalue weighted by atomic mass is 35.5. The van der Waals surface area contributed by atoms with Crippen molar-refractivity contribution in [3.05, 3.63) is 74.8 Å². The highest BCUT2D eigenvalue weighted by Crippen LogP contribution is 2.28. The Balaban J connectivity index is 2.17. The van der Waals surface area contributed by atoms with Crippen molar-refractivity contribution < 1.29 is 10.0 Å². The first-order valence-electron chi connectivity index (χ1n) is 6.40. The van der Waals surface area contributed by atoms with Crippen molar-refractivity contribution in [1.82, 2.24) is 0 Å². The fraction of sp³-hybridized carbons (Fsp3) is 0.200. The summed E-state index contributed by atoms with van der Waals surface area (Å²) in [5.41, 5.74) is 7.21. The number of rotatable bonds is 5. The molecule has 0 heterocycles. The number of aliphatic hydroxyl groups excluding tert-OH is 1. The fourth-order valence-electron chi connectivity index (χ4n) is 2.08. The second kappa shape index (κ2) is 6.67. The number of benzene rings is 2. The van der Waals surface area contributed by atoms with Crippen molar-refractivity contribution in [3.8, 4) is 0 Å². The molecule has 2 aromatic rings. The number of nitro groups is 1. The van der Waals surface area contributed by atoms with Crippen LogP contribution in [0.2, 0.25) is 5.02 Å². The van der Waals surface area contributed by atoms with Crippen LogP contribution in [0.15, 0.2) is 48.5 Å². The van der Waals surface area contributed by atoms with Crippen LogP contribution in [0.3, 0.4) is 0 Å². The van der Waals surface area contributed by atoms with Gasteiger partial charge in [-0.05, 0) is 17.2 Å². The summed E-state index contributed by atoms with van der Waals surface area (Å²) in [6.45, 7) is 0. The third-order valence-corrected chi connectivity index (χ3v) is 3.57. The van der Waals surface area contributed by atoms with Gasteiger partial charge in [-0.1, -0.05) is 48.0 Å². The predicted octanol–water partition coefficient (Wildman–Crippen LogP) is 2.85. The van der Waals surface area contributed by atoms with E-state index in [9.17, 15) is 15.2 Å². The summed E-state index contributed by atoms with van der Waals surface area (Å²) in [4.78, 5) is 10.3. The van der Waals surface area contributed by atoms with Crippen LogP contribution in [0.25, 0.3) is 0 Å². The topological polar surface area (TPSA) is 89.4 Å². The smallest absolute Gasteiger partial charge is 0.288 e. The van der Waals surface area contributed by atoms with Gasteiger partial charge >= 0.3 is 0 Å². The quantitative estimate of drug-likeness (QED) is 0.656. The summed E-state index contributed by atoms with van der Waals surface area (Å²) in [5.74, 6) is 0. The van der Waals surface area contributed by atoms with Crippen molar-refractivity contribution >= 4 is 17.3 Å². The van der Waals surface area contributed by atoms with Crippen molar-refractivity contribution in [3.63, 3.8) is 0 Å². The normalized spacial score (nSPS) is 13.7. The van der Waals surface area contributed by atoms with Crippen LogP contribution in [-0.4, -0.2) is 16.1 Å². The second-order valence-corrected chi connectivity index (χ2v) is 5.16. The minimum Gasteiger partial charge on any atom is -0.391 e. The summed E-state index contributed by atoms with van der Waals surface area (Å²) in [5, 5.41) is 21.1. The number of nitrogens with zero attached hydrogens (tertiary/aromatic N) is 1. The average Bonchev–Trinajstić information content (AvgIpc) is 2.47. The molecule has 21 heavy (non-hydrogen) atoms. The first-order chi connectivity index (χ1) is 9.99. The van der Waals surface area contributed by atoms with Gasteiger partial charge < -0.3 is 10.8 Å². The molecule has 0 saturated heterocycles. The number of halogens is 1. The van der Waals surface area contributed by atoms with Gasteiger partial charge in [0.2, 0.25) is 0 Å². The molecule has 2 atom stereocenters. The van der Waals surface area contributed by atoms with Crippen LogP contribution in [-0.2, 0) is 6.42 Å². The Labute approximate surface area is 127 Å². The van der Waals surface area contributed by atoms with E-state index in [1.54, 1.807) is 6.07 Å². The molecule has 110 valence electrons. The van der Waals surface area contributed by atoms with E-state index in [1.165, 1.54) is 12.1 Å². The summed E-state index contributed by atoms with van der Waals surface area (Å²) < 4.78 is 0. The fourth-order valence-corrected chi connectivity index (χ4v) is 2.27. The van der Waals surface area contributed by atoms with Crippen molar-refractivity contribution in [1.29, 1.82) is 0 Å². The number of nitrogens with two attached hydrogens (primary N) is 1. The molecule has 0 saturated carbocycles. The molecular formula is C15H15ClN2O3. The van der Waals surface area contributed by atoms with Gasteiger partial charge in [0.1, 0.15) is 5.02 Å². The first kappa shape index (κ1) is 15.4. The Bertz CT molecular complexity index is 634. The zero-order valence-corrected chi connectivity index (χ0v) is 11.9. The number of nitro benzene ring substituents is 1. The van der Waals surface area contributed by atoms with Gasteiger partial charge in [0.15, 0.2) is 0 Å². The molecule has 0 bridgehead atoms. The average molecular weight is 307 g/mol. The molecule has 3 N–H and O–H groups in total. The van der Waals surface area contributed by atoms with Crippen molar-refractivity contribution in [2.45, 2.75) is 18.6 Å². The molecule has 2 aromatic carbocycles. The lowest BCUT2D eigenvalue weighted by molar-refractivity contribution is -0.384. The summed E-state index contributed by atoms with van der Waals surface area (Å²) in [6.07, 6.45) is -0.466. The van der Waals surface area contributed by atoms with Crippen LogP contribution in [0.4, 0.5) is 5.69 Å². The van der Waals surface area contributed by atoms with Crippen LogP contribution in [0, 0.1) is 10.1 Å². The predicted molar refractivity (Wildman–Crippen MR) is 81.2 cm³/mol. The molecule has 0 aromatic heterocycles. The number of aliphatic hydroxyl groups is 1. The monoisotopic (exact) mass is 306 g/mol. The van der Waals surface area contributed by atoms with Gasteiger partial charge in [-0.3, -0.25) is 10.1 Å². The minimum absolute atomic E-state index is 0.0495. The first-order valence-corrected chi connectivity index (χ1v) is 6.78.